The maximum Gasteiger partial charge on any atom is 0.242 e. The maximum atomic E-state index is 12.1. The molecule has 8 heteroatoms. The standard InChI is InChI=1S/C12H18N4O2S2/c1-9-16-10(8-19-9)3-4-15-20(17,18)12-5-11(6-13-2)14-7-12/h5,7-8,13-15H,3-4,6H2,1-2H3. The number of aryl methyl sites for hydroxylation is 1. The van der Waals surface area contributed by atoms with Crippen molar-refractivity contribution in [1.29, 1.82) is 0 Å². The van der Waals surface area contributed by atoms with Crippen LogP contribution in [0.3, 0.4) is 0 Å². The molecule has 0 bridgehead atoms. The number of H-pyrrole nitrogens is 1. The molecule has 0 radical (unpaired) electrons. The van der Waals surface area contributed by atoms with E-state index in [2.05, 4.69) is 20.0 Å². The third-order valence-corrected chi connectivity index (χ3v) is 5.00. The molecule has 2 aromatic heterocycles. The minimum absolute atomic E-state index is 0.261. The van der Waals surface area contributed by atoms with Crippen LogP contribution in [0.5, 0.6) is 0 Å². The summed E-state index contributed by atoms with van der Waals surface area (Å²) in [6.07, 6.45) is 2.10. The van der Waals surface area contributed by atoms with Gasteiger partial charge >= 0.3 is 0 Å². The van der Waals surface area contributed by atoms with Crippen molar-refractivity contribution in [3.63, 3.8) is 0 Å². The number of hydrogen-bond acceptors (Lipinski definition) is 5. The van der Waals surface area contributed by atoms with Gasteiger partial charge in [0.05, 0.1) is 15.6 Å². The summed E-state index contributed by atoms with van der Waals surface area (Å²) in [6, 6.07) is 1.63. The van der Waals surface area contributed by atoms with E-state index >= 15 is 0 Å². The summed E-state index contributed by atoms with van der Waals surface area (Å²) in [5.74, 6) is 0. The molecule has 0 fully saturated rings. The fourth-order valence-corrected chi connectivity index (χ4v) is 3.48. The second-order valence-electron chi connectivity index (χ2n) is 4.40. The molecule has 0 aliphatic rings. The average Bonchev–Trinajstić information content (AvgIpc) is 2.99. The van der Waals surface area contributed by atoms with Crippen molar-refractivity contribution in [2.24, 2.45) is 0 Å². The van der Waals surface area contributed by atoms with Crippen LogP contribution >= 0.6 is 11.3 Å². The van der Waals surface area contributed by atoms with Crippen LogP contribution in [-0.2, 0) is 23.0 Å². The SMILES string of the molecule is CNCc1cc(S(=O)(=O)NCCc2csc(C)n2)c[nH]1. The molecule has 0 spiro atoms. The quantitative estimate of drug-likeness (QED) is 0.712. The van der Waals surface area contributed by atoms with E-state index in [-0.39, 0.29) is 4.90 Å². The molecule has 0 saturated carbocycles. The molecular formula is C12H18N4O2S2. The summed E-state index contributed by atoms with van der Waals surface area (Å²) in [4.78, 5) is 7.49. The van der Waals surface area contributed by atoms with Gasteiger partial charge in [0.15, 0.2) is 0 Å². The summed E-state index contributed by atoms with van der Waals surface area (Å²) in [5, 5.41) is 5.90. The molecule has 0 atom stereocenters. The Bertz CT molecular complexity index is 661. The highest BCUT2D eigenvalue weighted by Gasteiger charge is 2.15. The second kappa shape index (κ2) is 6.49. The summed E-state index contributed by atoms with van der Waals surface area (Å²) < 4.78 is 26.7. The van der Waals surface area contributed by atoms with Gasteiger partial charge in [0, 0.05) is 36.8 Å². The predicted octanol–water partition coefficient (Wildman–Crippen LogP) is 1.02. The van der Waals surface area contributed by atoms with Crippen LogP contribution in [-0.4, -0.2) is 32.0 Å². The summed E-state index contributed by atoms with van der Waals surface area (Å²) >= 11 is 1.57. The highest BCUT2D eigenvalue weighted by molar-refractivity contribution is 7.89. The first-order chi connectivity index (χ1) is 9.51. The minimum atomic E-state index is -3.45. The molecule has 2 aromatic rings. The molecule has 110 valence electrons. The molecule has 20 heavy (non-hydrogen) atoms. The first-order valence-electron chi connectivity index (χ1n) is 6.24. The number of hydrogen-bond donors (Lipinski definition) is 3. The Hall–Kier alpha value is -1.22. The van der Waals surface area contributed by atoms with Gasteiger partial charge in [0.25, 0.3) is 0 Å². The Kier molecular flexibility index (Phi) is 4.92. The fraction of sp³-hybridized carbons (Fsp3) is 0.417. The number of sulfonamides is 1. The zero-order valence-electron chi connectivity index (χ0n) is 11.4. The molecule has 0 aliphatic heterocycles. The normalized spacial score (nSPS) is 11.9. The van der Waals surface area contributed by atoms with Crippen molar-refractivity contribution >= 4 is 21.4 Å². The molecule has 3 N–H and O–H groups in total. The molecule has 0 saturated heterocycles. The molecule has 2 heterocycles. The van der Waals surface area contributed by atoms with Gasteiger partial charge < -0.3 is 10.3 Å². The number of thiazole rings is 1. The van der Waals surface area contributed by atoms with Crippen LogP contribution in [0.15, 0.2) is 22.5 Å². The predicted molar refractivity (Wildman–Crippen MR) is 79.3 cm³/mol. The van der Waals surface area contributed by atoms with Gasteiger partial charge in [-0.1, -0.05) is 0 Å². The Morgan fingerprint density at radius 2 is 2.25 bits per heavy atom. The smallest absolute Gasteiger partial charge is 0.242 e. The van der Waals surface area contributed by atoms with Crippen molar-refractivity contribution in [3.8, 4) is 0 Å². The van der Waals surface area contributed by atoms with Gasteiger partial charge in [0.2, 0.25) is 10.0 Å². The lowest BCUT2D eigenvalue weighted by molar-refractivity contribution is 0.581. The molecule has 0 aliphatic carbocycles. The number of nitrogens with one attached hydrogen (secondary N) is 3. The van der Waals surface area contributed by atoms with E-state index in [0.29, 0.717) is 19.5 Å². The van der Waals surface area contributed by atoms with Crippen molar-refractivity contribution in [2.75, 3.05) is 13.6 Å². The van der Waals surface area contributed by atoms with Crippen LogP contribution in [0.2, 0.25) is 0 Å². The van der Waals surface area contributed by atoms with E-state index in [0.717, 1.165) is 16.4 Å². The average molecular weight is 314 g/mol. The number of aromatic nitrogens is 2. The summed E-state index contributed by atoms with van der Waals surface area (Å²) in [7, 11) is -1.65. The van der Waals surface area contributed by atoms with E-state index in [1.54, 1.807) is 17.4 Å². The summed E-state index contributed by atoms with van der Waals surface area (Å²) in [6.45, 7) is 2.88. The zero-order valence-corrected chi connectivity index (χ0v) is 13.1. The van der Waals surface area contributed by atoms with Crippen LogP contribution in [0.25, 0.3) is 0 Å². The van der Waals surface area contributed by atoms with Gasteiger partial charge in [0.1, 0.15) is 0 Å². The zero-order chi connectivity index (χ0) is 14.6. The van der Waals surface area contributed by atoms with Gasteiger partial charge in [-0.05, 0) is 20.0 Å². The van der Waals surface area contributed by atoms with Gasteiger partial charge in [-0.15, -0.1) is 11.3 Å². The van der Waals surface area contributed by atoms with Crippen LogP contribution in [0, 0.1) is 6.92 Å². The van der Waals surface area contributed by atoms with E-state index in [9.17, 15) is 8.42 Å². The van der Waals surface area contributed by atoms with Crippen molar-refractivity contribution < 1.29 is 8.42 Å². The lowest BCUT2D eigenvalue weighted by Crippen LogP contribution is -2.25. The lowest BCUT2D eigenvalue weighted by atomic mass is 10.3. The van der Waals surface area contributed by atoms with E-state index in [1.165, 1.54) is 6.20 Å². The number of nitrogens with zero attached hydrogens (tertiary/aromatic N) is 1. The molecular weight excluding hydrogens is 296 g/mol. The van der Waals surface area contributed by atoms with Crippen molar-refractivity contribution in [3.05, 3.63) is 34.0 Å². The van der Waals surface area contributed by atoms with E-state index < -0.39 is 10.0 Å². The fourth-order valence-electron chi connectivity index (χ4n) is 1.79. The first kappa shape index (κ1) is 15.2. The largest absolute Gasteiger partial charge is 0.363 e. The van der Waals surface area contributed by atoms with Crippen molar-refractivity contribution in [1.82, 2.24) is 20.0 Å². The lowest BCUT2D eigenvalue weighted by Gasteiger charge is -2.03. The molecule has 2 rings (SSSR count). The van der Waals surface area contributed by atoms with Gasteiger partial charge in [-0.25, -0.2) is 18.1 Å². The molecule has 6 nitrogen and oxygen atoms in total. The van der Waals surface area contributed by atoms with E-state index in [4.69, 9.17) is 0 Å². The highest BCUT2D eigenvalue weighted by Crippen LogP contribution is 2.11. The number of rotatable bonds is 7. The maximum absolute atomic E-state index is 12.1. The van der Waals surface area contributed by atoms with Gasteiger partial charge in [-0.2, -0.15) is 0 Å². The molecule has 0 unspecified atom stereocenters. The Labute approximate surface area is 122 Å². The Morgan fingerprint density at radius 1 is 1.45 bits per heavy atom. The van der Waals surface area contributed by atoms with Crippen LogP contribution < -0.4 is 10.0 Å². The second-order valence-corrected chi connectivity index (χ2v) is 7.23. The van der Waals surface area contributed by atoms with Crippen molar-refractivity contribution in [2.45, 2.75) is 24.8 Å². The molecule has 0 amide bonds. The van der Waals surface area contributed by atoms with Crippen LogP contribution in [0.1, 0.15) is 16.4 Å². The minimum Gasteiger partial charge on any atom is -0.363 e. The highest BCUT2D eigenvalue weighted by atomic mass is 32.2. The summed E-state index contributed by atoms with van der Waals surface area (Å²) in [5.41, 5.74) is 1.75. The number of aromatic amines is 1. The Morgan fingerprint density at radius 3 is 2.90 bits per heavy atom. The van der Waals surface area contributed by atoms with Gasteiger partial charge in [-0.3, -0.25) is 0 Å². The molecule has 0 aromatic carbocycles. The first-order valence-corrected chi connectivity index (χ1v) is 8.60. The topological polar surface area (TPSA) is 86.9 Å². The van der Waals surface area contributed by atoms with E-state index in [1.807, 2.05) is 19.4 Å². The Balaban J connectivity index is 1.92. The monoisotopic (exact) mass is 314 g/mol. The third kappa shape index (κ3) is 3.89. The third-order valence-electron chi connectivity index (χ3n) is 2.73. The van der Waals surface area contributed by atoms with Crippen LogP contribution in [0.4, 0.5) is 0 Å².